The standard InChI is InChI=1S/C24H30N2O8/c1-6-32-22(28)19-14(3)26-15(4)20(23(29)33-7-2)21(19)24(30)34-13-18(27)25-12-16-8-10-17(31-5)11-9-16/h8-11,21,26H,6-7,12-13H2,1-5H3,(H,25,27). The van der Waals surface area contributed by atoms with Crippen LogP contribution in [0.4, 0.5) is 0 Å². The molecule has 10 nitrogen and oxygen atoms in total. The maximum Gasteiger partial charge on any atom is 0.337 e. The fraction of sp³-hybridized carbons (Fsp3) is 0.417. The number of dihydropyridines is 1. The van der Waals surface area contributed by atoms with Crippen LogP contribution < -0.4 is 15.4 Å². The quantitative estimate of drug-likeness (QED) is 0.385. The summed E-state index contributed by atoms with van der Waals surface area (Å²) in [5, 5.41) is 5.56. The Hall–Kier alpha value is -3.82. The number of rotatable bonds is 10. The minimum absolute atomic E-state index is 0.0702. The van der Waals surface area contributed by atoms with Gasteiger partial charge in [0.1, 0.15) is 11.7 Å². The first-order chi connectivity index (χ1) is 16.2. The van der Waals surface area contributed by atoms with Crippen LogP contribution in [0.1, 0.15) is 33.3 Å². The van der Waals surface area contributed by atoms with E-state index in [1.165, 1.54) is 0 Å². The Morgan fingerprint density at radius 2 is 1.41 bits per heavy atom. The molecule has 1 aromatic rings. The number of carbonyl (C=O) groups is 4. The Morgan fingerprint density at radius 3 is 1.88 bits per heavy atom. The molecule has 1 heterocycles. The number of allylic oxidation sites excluding steroid dienone is 2. The lowest BCUT2D eigenvalue weighted by Gasteiger charge is -2.28. The number of hydrogen-bond acceptors (Lipinski definition) is 9. The first-order valence-electron chi connectivity index (χ1n) is 10.8. The highest BCUT2D eigenvalue weighted by molar-refractivity contribution is 6.05. The molecular formula is C24H30N2O8. The number of hydrogen-bond donors (Lipinski definition) is 2. The van der Waals surface area contributed by atoms with Gasteiger partial charge < -0.3 is 29.6 Å². The average molecular weight is 475 g/mol. The zero-order valence-electron chi connectivity index (χ0n) is 20.0. The van der Waals surface area contributed by atoms with Gasteiger partial charge in [-0.15, -0.1) is 0 Å². The van der Waals surface area contributed by atoms with Crippen LogP contribution in [-0.2, 0) is 39.9 Å². The third-order valence-electron chi connectivity index (χ3n) is 4.98. The van der Waals surface area contributed by atoms with E-state index in [0.29, 0.717) is 17.1 Å². The van der Waals surface area contributed by atoms with Gasteiger partial charge in [-0.1, -0.05) is 12.1 Å². The highest BCUT2D eigenvalue weighted by atomic mass is 16.5. The SMILES string of the molecule is CCOC(=O)C1=C(C)NC(C)=C(C(=O)OCC)C1C(=O)OCC(=O)NCc1ccc(OC)cc1. The van der Waals surface area contributed by atoms with Crippen LogP contribution in [0.5, 0.6) is 5.75 Å². The summed E-state index contributed by atoms with van der Waals surface area (Å²) in [4.78, 5) is 50.5. The zero-order valence-corrected chi connectivity index (χ0v) is 20.0. The first-order valence-corrected chi connectivity index (χ1v) is 10.8. The van der Waals surface area contributed by atoms with Gasteiger partial charge in [-0.2, -0.15) is 0 Å². The van der Waals surface area contributed by atoms with Crippen molar-refractivity contribution in [1.82, 2.24) is 10.6 Å². The highest BCUT2D eigenvalue weighted by Gasteiger charge is 2.42. The normalized spacial score (nSPS) is 13.7. The van der Waals surface area contributed by atoms with Crippen LogP contribution in [-0.4, -0.2) is 50.7 Å². The number of methoxy groups -OCH3 is 1. The van der Waals surface area contributed by atoms with Gasteiger partial charge in [0, 0.05) is 17.9 Å². The second-order valence-corrected chi connectivity index (χ2v) is 7.31. The molecule has 184 valence electrons. The molecule has 0 saturated heterocycles. The van der Waals surface area contributed by atoms with E-state index in [9.17, 15) is 19.2 Å². The minimum Gasteiger partial charge on any atom is -0.497 e. The van der Waals surface area contributed by atoms with Crippen molar-refractivity contribution < 1.29 is 38.1 Å². The van der Waals surface area contributed by atoms with Crippen molar-refractivity contribution in [2.24, 2.45) is 5.92 Å². The molecule has 1 aromatic carbocycles. The largest absolute Gasteiger partial charge is 0.497 e. The Kier molecular flexibility index (Phi) is 9.66. The van der Waals surface area contributed by atoms with Gasteiger partial charge in [0.15, 0.2) is 6.61 Å². The highest BCUT2D eigenvalue weighted by Crippen LogP contribution is 2.32. The molecule has 1 aliphatic heterocycles. The van der Waals surface area contributed by atoms with Crippen molar-refractivity contribution in [1.29, 1.82) is 0 Å². The summed E-state index contributed by atoms with van der Waals surface area (Å²) in [7, 11) is 1.56. The van der Waals surface area contributed by atoms with E-state index in [1.54, 1.807) is 59.1 Å². The van der Waals surface area contributed by atoms with Gasteiger partial charge in [0.25, 0.3) is 5.91 Å². The summed E-state index contributed by atoms with van der Waals surface area (Å²) in [6.07, 6.45) is 0. The number of benzene rings is 1. The molecule has 0 aliphatic carbocycles. The van der Waals surface area contributed by atoms with Crippen molar-refractivity contribution in [3.63, 3.8) is 0 Å². The van der Waals surface area contributed by atoms with E-state index in [4.69, 9.17) is 18.9 Å². The van der Waals surface area contributed by atoms with E-state index in [-0.39, 0.29) is 30.9 Å². The molecule has 1 aliphatic rings. The van der Waals surface area contributed by atoms with E-state index in [2.05, 4.69) is 10.6 Å². The van der Waals surface area contributed by atoms with E-state index in [0.717, 1.165) is 5.56 Å². The third kappa shape index (κ3) is 6.60. The van der Waals surface area contributed by atoms with Crippen molar-refractivity contribution in [3.8, 4) is 5.75 Å². The molecule has 0 unspecified atom stereocenters. The molecule has 10 heteroatoms. The van der Waals surface area contributed by atoms with Crippen molar-refractivity contribution >= 4 is 23.8 Å². The average Bonchev–Trinajstić information content (AvgIpc) is 2.81. The second-order valence-electron chi connectivity index (χ2n) is 7.31. The Balaban J connectivity index is 2.14. The van der Waals surface area contributed by atoms with Crippen LogP contribution in [0, 0.1) is 5.92 Å². The monoisotopic (exact) mass is 474 g/mol. The van der Waals surface area contributed by atoms with Crippen LogP contribution in [0.15, 0.2) is 46.8 Å². The maximum absolute atomic E-state index is 13.0. The number of ether oxygens (including phenoxy) is 4. The Labute approximate surface area is 198 Å². The van der Waals surface area contributed by atoms with E-state index in [1.807, 2.05) is 0 Å². The number of nitrogens with one attached hydrogen (secondary N) is 2. The molecule has 0 spiro atoms. The molecule has 0 aromatic heterocycles. The maximum atomic E-state index is 13.0. The molecule has 1 amide bonds. The summed E-state index contributed by atoms with van der Waals surface area (Å²) in [6.45, 7) is 6.18. The summed E-state index contributed by atoms with van der Waals surface area (Å²) in [6, 6.07) is 7.10. The van der Waals surface area contributed by atoms with Gasteiger partial charge in [-0.05, 0) is 45.4 Å². The third-order valence-corrected chi connectivity index (χ3v) is 4.98. The summed E-state index contributed by atoms with van der Waals surface area (Å²) in [5.41, 5.74) is 1.37. The van der Waals surface area contributed by atoms with Crippen LogP contribution in [0.3, 0.4) is 0 Å². The summed E-state index contributed by atoms with van der Waals surface area (Å²) in [5.74, 6) is -3.73. The lowest BCUT2D eigenvalue weighted by molar-refractivity contribution is -0.154. The molecule has 2 N–H and O–H groups in total. The summed E-state index contributed by atoms with van der Waals surface area (Å²) >= 11 is 0. The molecule has 2 rings (SSSR count). The minimum atomic E-state index is -1.39. The molecule has 0 fully saturated rings. The number of amides is 1. The molecule has 34 heavy (non-hydrogen) atoms. The van der Waals surface area contributed by atoms with Crippen LogP contribution in [0.2, 0.25) is 0 Å². The van der Waals surface area contributed by atoms with E-state index >= 15 is 0 Å². The van der Waals surface area contributed by atoms with Gasteiger partial charge in [-0.3, -0.25) is 9.59 Å². The second kappa shape index (κ2) is 12.4. The predicted molar refractivity (Wildman–Crippen MR) is 121 cm³/mol. The Bertz CT molecular complexity index is 955. The van der Waals surface area contributed by atoms with Gasteiger partial charge >= 0.3 is 17.9 Å². The molecular weight excluding hydrogens is 444 g/mol. The molecule has 0 bridgehead atoms. The fourth-order valence-electron chi connectivity index (χ4n) is 3.40. The fourth-order valence-corrected chi connectivity index (χ4v) is 3.40. The lowest BCUT2D eigenvalue weighted by Crippen LogP contribution is -2.39. The van der Waals surface area contributed by atoms with Gasteiger partial charge in [0.2, 0.25) is 0 Å². The molecule has 0 saturated carbocycles. The molecule has 0 atom stereocenters. The van der Waals surface area contributed by atoms with E-state index < -0.39 is 36.3 Å². The first kappa shape index (κ1) is 26.4. The lowest BCUT2D eigenvalue weighted by atomic mass is 9.85. The van der Waals surface area contributed by atoms with Crippen LogP contribution in [0.25, 0.3) is 0 Å². The van der Waals surface area contributed by atoms with Crippen molar-refractivity contribution in [3.05, 3.63) is 52.4 Å². The number of carbonyl (C=O) groups excluding carboxylic acids is 4. The van der Waals surface area contributed by atoms with Crippen molar-refractivity contribution in [2.45, 2.75) is 34.2 Å². The van der Waals surface area contributed by atoms with Crippen molar-refractivity contribution in [2.75, 3.05) is 26.9 Å². The topological polar surface area (TPSA) is 129 Å². The summed E-state index contributed by atoms with van der Waals surface area (Å²) < 4.78 is 20.4. The van der Waals surface area contributed by atoms with Gasteiger partial charge in [0.05, 0.1) is 31.5 Å². The smallest absolute Gasteiger partial charge is 0.337 e. The predicted octanol–water partition coefficient (Wildman–Crippen LogP) is 1.75. The Morgan fingerprint density at radius 1 is 0.882 bits per heavy atom. The molecule has 0 radical (unpaired) electrons. The number of esters is 3. The van der Waals surface area contributed by atoms with Gasteiger partial charge in [-0.25, -0.2) is 9.59 Å². The van der Waals surface area contributed by atoms with Crippen LogP contribution >= 0.6 is 0 Å². The zero-order chi connectivity index (χ0) is 25.3.